The summed E-state index contributed by atoms with van der Waals surface area (Å²) < 4.78 is 1.82. The molecular weight excluding hydrogens is 336 g/mol. The van der Waals surface area contributed by atoms with Crippen molar-refractivity contribution in [3.05, 3.63) is 41.5 Å². The van der Waals surface area contributed by atoms with Gasteiger partial charge in [-0.25, -0.2) is 4.98 Å². The second kappa shape index (κ2) is 6.68. The van der Waals surface area contributed by atoms with Crippen molar-refractivity contribution in [2.24, 2.45) is 5.92 Å². The average Bonchev–Trinajstić information content (AvgIpc) is 3.15. The van der Waals surface area contributed by atoms with Gasteiger partial charge in [0.1, 0.15) is 5.69 Å². The van der Waals surface area contributed by atoms with Gasteiger partial charge in [0, 0.05) is 42.8 Å². The summed E-state index contributed by atoms with van der Waals surface area (Å²) in [5, 5.41) is 4.68. The molecule has 0 spiro atoms. The Morgan fingerprint density at radius 2 is 1.88 bits per heavy atom. The first-order valence-corrected chi connectivity index (χ1v) is 8.84. The molecule has 1 aromatic carbocycles. The number of anilines is 1. The molecule has 0 aliphatic carbocycles. The van der Waals surface area contributed by atoms with Gasteiger partial charge < -0.3 is 10.2 Å². The van der Waals surface area contributed by atoms with Crippen LogP contribution in [0.1, 0.15) is 24.3 Å². The van der Waals surface area contributed by atoms with Crippen molar-refractivity contribution in [1.82, 2.24) is 14.3 Å². The number of rotatable bonds is 4. The van der Waals surface area contributed by atoms with E-state index in [4.69, 9.17) is 0 Å². The van der Waals surface area contributed by atoms with E-state index in [9.17, 15) is 9.59 Å². The van der Waals surface area contributed by atoms with Crippen LogP contribution >= 0.6 is 11.3 Å². The van der Waals surface area contributed by atoms with Crippen LogP contribution in [0, 0.1) is 5.92 Å². The number of nitrogens with zero attached hydrogens (tertiary/aromatic N) is 3. The molecule has 3 rings (SSSR count). The number of amides is 2. The third kappa shape index (κ3) is 3.41. The van der Waals surface area contributed by atoms with E-state index >= 15 is 0 Å². The zero-order valence-electron chi connectivity index (χ0n) is 14.6. The third-order valence-electron chi connectivity index (χ3n) is 3.81. The predicted octanol–water partition coefficient (Wildman–Crippen LogP) is 3.36. The lowest BCUT2D eigenvalue weighted by atomic mass is 10.1. The van der Waals surface area contributed by atoms with Gasteiger partial charge in [0.25, 0.3) is 5.91 Å². The normalized spacial score (nSPS) is 11.1. The Morgan fingerprint density at radius 1 is 1.20 bits per heavy atom. The lowest BCUT2D eigenvalue weighted by Gasteiger charge is -2.08. The molecule has 1 N–H and O–H groups in total. The summed E-state index contributed by atoms with van der Waals surface area (Å²) in [4.78, 5) is 30.9. The molecular formula is C18H20N4O2S. The highest BCUT2D eigenvalue weighted by Crippen LogP contribution is 2.25. The van der Waals surface area contributed by atoms with E-state index in [2.05, 4.69) is 10.3 Å². The zero-order chi connectivity index (χ0) is 18.1. The number of thiazole rings is 1. The maximum Gasteiger partial charge on any atom is 0.271 e. The fraction of sp³-hybridized carbons (Fsp3) is 0.278. The molecule has 3 aromatic rings. The van der Waals surface area contributed by atoms with Crippen molar-refractivity contribution >= 4 is 33.8 Å². The Hall–Kier alpha value is -2.67. The summed E-state index contributed by atoms with van der Waals surface area (Å²) in [5.74, 6) is -0.128. The standard InChI is InChI=1S/C18H20N4O2S/c1-11(2)16(23)19-13-7-5-12(6-8-13)14-9-22-15(17(24)21(3)4)10-25-18(22)20-14/h5-11H,1-4H3,(H,19,23). The summed E-state index contributed by atoms with van der Waals surface area (Å²) >= 11 is 1.44. The van der Waals surface area contributed by atoms with Gasteiger partial charge in [0.15, 0.2) is 4.96 Å². The molecule has 7 heteroatoms. The predicted molar refractivity (Wildman–Crippen MR) is 100.0 cm³/mol. The van der Waals surface area contributed by atoms with Gasteiger partial charge in [0.2, 0.25) is 5.91 Å². The average molecular weight is 356 g/mol. The van der Waals surface area contributed by atoms with E-state index < -0.39 is 0 Å². The van der Waals surface area contributed by atoms with E-state index in [1.54, 1.807) is 19.0 Å². The molecule has 2 aromatic heterocycles. The second-order valence-corrected chi connectivity index (χ2v) is 7.16. The van der Waals surface area contributed by atoms with Crippen LogP contribution in [0.2, 0.25) is 0 Å². The first kappa shape index (κ1) is 17.2. The maximum atomic E-state index is 12.2. The fourth-order valence-electron chi connectivity index (χ4n) is 2.32. The molecule has 0 saturated carbocycles. The van der Waals surface area contributed by atoms with Gasteiger partial charge in [-0.3, -0.25) is 14.0 Å². The number of hydrogen-bond acceptors (Lipinski definition) is 4. The van der Waals surface area contributed by atoms with Crippen LogP contribution in [0.15, 0.2) is 35.8 Å². The van der Waals surface area contributed by atoms with Crippen LogP contribution in [-0.2, 0) is 4.79 Å². The van der Waals surface area contributed by atoms with E-state index in [0.717, 1.165) is 21.9 Å². The lowest BCUT2D eigenvalue weighted by molar-refractivity contribution is -0.118. The first-order valence-electron chi connectivity index (χ1n) is 7.96. The second-order valence-electron chi connectivity index (χ2n) is 6.32. The Morgan fingerprint density at radius 3 is 2.48 bits per heavy atom. The highest BCUT2D eigenvalue weighted by Gasteiger charge is 2.16. The van der Waals surface area contributed by atoms with E-state index in [0.29, 0.717) is 5.69 Å². The third-order valence-corrected chi connectivity index (χ3v) is 4.65. The number of carbonyl (C=O) groups is 2. The maximum absolute atomic E-state index is 12.2. The summed E-state index contributed by atoms with van der Waals surface area (Å²) in [6.07, 6.45) is 1.87. The zero-order valence-corrected chi connectivity index (χ0v) is 15.4. The SMILES string of the molecule is CC(C)C(=O)Nc1ccc(-c2cn3c(C(=O)N(C)C)csc3n2)cc1. The molecule has 0 unspecified atom stereocenters. The number of aromatic nitrogens is 2. The Kier molecular flexibility index (Phi) is 4.59. The number of carbonyl (C=O) groups excluding carboxylic acids is 2. The van der Waals surface area contributed by atoms with Crippen molar-refractivity contribution in [2.45, 2.75) is 13.8 Å². The van der Waals surface area contributed by atoms with Gasteiger partial charge in [-0.1, -0.05) is 26.0 Å². The largest absolute Gasteiger partial charge is 0.343 e. The van der Waals surface area contributed by atoms with Crippen molar-refractivity contribution < 1.29 is 9.59 Å². The molecule has 2 amide bonds. The molecule has 0 bridgehead atoms. The summed E-state index contributed by atoms with van der Waals surface area (Å²) in [6, 6.07) is 7.54. The topological polar surface area (TPSA) is 66.7 Å². The minimum atomic E-state index is -0.0627. The number of nitrogens with one attached hydrogen (secondary N) is 1. The Balaban J connectivity index is 1.87. The number of benzene rings is 1. The fourth-order valence-corrected chi connectivity index (χ4v) is 3.16. The molecule has 0 fully saturated rings. The Bertz CT molecular complexity index is 922. The van der Waals surface area contributed by atoms with Crippen molar-refractivity contribution in [3.8, 4) is 11.3 Å². The van der Waals surface area contributed by atoms with Crippen LogP contribution in [-0.4, -0.2) is 40.2 Å². The molecule has 0 saturated heterocycles. The van der Waals surface area contributed by atoms with Crippen LogP contribution < -0.4 is 5.32 Å². The van der Waals surface area contributed by atoms with Crippen LogP contribution in [0.3, 0.4) is 0 Å². The number of imidazole rings is 1. The molecule has 0 aliphatic rings. The van der Waals surface area contributed by atoms with Gasteiger partial charge in [-0.15, -0.1) is 11.3 Å². The summed E-state index contributed by atoms with van der Waals surface area (Å²) in [5.41, 5.74) is 3.08. The van der Waals surface area contributed by atoms with Crippen LogP contribution in [0.25, 0.3) is 16.2 Å². The minimum Gasteiger partial charge on any atom is -0.343 e. The van der Waals surface area contributed by atoms with E-state index in [1.165, 1.54) is 11.3 Å². The monoisotopic (exact) mass is 356 g/mol. The molecule has 2 heterocycles. The van der Waals surface area contributed by atoms with Gasteiger partial charge in [-0.05, 0) is 12.1 Å². The number of fused-ring (bicyclic) bond motifs is 1. The highest BCUT2D eigenvalue weighted by molar-refractivity contribution is 7.15. The van der Waals surface area contributed by atoms with Crippen molar-refractivity contribution in [1.29, 1.82) is 0 Å². The van der Waals surface area contributed by atoms with Gasteiger partial charge in [0.05, 0.1) is 5.69 Å². The molecule has 0 radical (unpaired) electrons. The number of hydrogen-bond donors (Lipinski definition) is 1. The highest BCUT2D eigenvalue weighted by atomic mass is 32.1. The van der Waals surface area contributed by atoms with E-state index in [-0.39, 0.29) is 17.7 Å². The first-order chi connectivity index (χ1) is 11.9. The summed E-state index contributed by atoms with van der Waals surface area (Å²) in [6.45, 7) is 3.71. The minimum absolute atomic E-state index is 0.0119. The molecule has 0 aliphatic heterocycles. The quantitative estimate of drug-likeness (QED) is 0.779. The van der Waals surface area contributed by atoms with Crippen LogP contribution in [0.5, 0.6) is 0 Å². The lowest BCUT2D eigenvalue weighted by Crippen LogP contribution is -2.22. The van der Waals surface area contributed by atoms with Crippen molar-refractivity contribution in [3.63, 3.8) is 0 Å². The Labute approximate surface area is 150 Å². The van der Waals surface area contributed by atoms with E-state index in [1.807, 2.05) is 54.1 Å². The molecule has 25 heavy (non-hydrogen) atoms. The smallest absolute Gasteiger partial charge is 0.271 e. The molecule has 130 valence electrons. The van der Waals surface area contributed by atoms with Crippen molar-refractivity contribution in [2.75, 3.05) is 19.4 Å². The van der Waals surface area contributed by atoms with Gasteiger partial charge >= 0.3 is 0 Å². The van der Waals surface area contributed by atoms with Gasteiger partial charge in [-0.2, -0.15) is 0 Å². The van der Waals surface area contributed by atoms with Crippen LogP contribution in [0.4, 0.5) is 5.69 Å². The molecule has 6 nitrogen and oxygen atoms in total. The summed E-state index contributed by atoms with van der Waals surface area (Å²) in [7, 11) is 3.46. The molecule has 0 atom stereocenters.